The van der Waals surface area contributed by atoms with Gasteiger partial charge in [0.05, 0.1) is 28.3 Å². The molecule has 3 aromatic rings. The molecule has 1 aliphatic carbocycles. The van der Waals surface area contributed by atoms with Gasteiger partial charge in [-0.25, -0.2) is 4.98 Å². The summed E-state index contributed by atoms with van der Waals surface area (Å²) < 4.78 is 0. The largest absolute Gasteiger partial charge is 0.394 e. The van der Waals surface area contributed by atoms with Gasteiger partial charge in [-0.2, -0.15) is 10.1 Å². The number of rotatable bonds is 5. The van der Waals surface area contributed by atoms with Crippen molar-refractivity contribution >= 4 is 40.6 Å². The van der Waals surface area contributed by atoms with Crippen molar-refractivity contribution < 1.29 is 0 Å². The topological polar surface area (TPSA) is 105 Å². The van der Waals surface area contributed by atoms with Gasteiger partial charge in [-0.05, 0) is 25.0 Å². The Bertz CT molecular complexity index is 872. The van der Waals surface area contributed by atoms with E-state index in [4.69, 9.17) is 17.3 Å². The summed E-state index contributed by atoms with van der Waals surface area (Å²) >= 11 is 6.14. The van der Waals surface area contributed by atoms with Gasteiger partial charge in [0.25, 0.3) is 0 Å². The van der Waals surface area contributed by atoms with Crippen molar-refractivity contribution in [1.82, 2.24) is 20.2 Å². The molecule has 24 heavy (non-hydrogen) atoms. The summed E-state index contributed by atoms with van der Waals surface area (Å²) in [5.74, 6) is 2.25. The second-order valence-electron chi connectivity index (χ2n) is 5.71. The van der Waals surface area contributed by atoms with Crippen LogP contribution in [0.4, 0.5) is 29.0 Å². The average Bonchev–Trinajstić information content (AvgIpc) is 3.33. The molecule has 0 radical (unpaired) electrons. The molecular formula is C16H16ClN7. The normalized spacial score (nSPS) is 13.7. The summed E-state index contributed by atoms with van der Waals surface area (Å²) in [5, 5.41) is 14.1. The fourth-order valence-electron chi connectivity index (χ4n) is 2.35. The first-order chi connectivity index (χ1) is 11.7. The molecule has 2 heterocycles. The fraction of sp³-hybridized carbons (Fsp3) is 0.188. The number of nitrogens with one attached hydrogen (secondary N) is 3. The number of aromatic amines is 1. The highest BCUT2D eigenvalue weighted by Crippen LogP contribution is 2.39. The summed E-state index contributed by atoms with van der Waals surface area (Å²) in [4.78, 5) is 8.60. The third-order valence-corrected chi connectivity index (χ3v) is 4.11. The number of nitrogen functional groups attached to an aromatic ring is 1. The van der Waals surface area contributed by atoms with Gasteiger partial charge in [0, 0.05) is 12.0 Å². The first-order valence-corrected chi connectivity index (χ1v) is 8.03. The number of nitrogens with zero attached hydrogens (tertiary/aromatic N) is 3. The summed E-state index contributed by atoms with van der Waals surface area (Å²) in [6, 6.07) is 9.38. The maximum Gasteiger partial charge on any atom is 0.229 e. The molecule has 0 amide bonds. The zero-order valence-corrected chi connectivity index (χ0v) is 13.5. The van der Waals surface area contributed by atoms with Crippen LogP contribution in [0.5, 0.6) is 0 Å². The van der Waals surface area contributed by atoms with Gasteiger partial charge in [0.2, 0.25) is 5.95 Å². The second-order valence-corrected chi connectivity index (χ2v) is 6.12. The third kappa shape index (κ3) is 3.11. The van der Waals surface area contributed by atoms with Crippen molar-refractivity contribution in [2.75, 3.05) is 16.4 Å². The van der Waals surface area contributed by atoms with Crippen molar-refractivity contribution in [2.45, 2.75) is 18.8 Å². The van der Waals surface area contributed by atoms with Gasteiger partial charge < -0.3 is 16.4 Å². The van der Waals surface area contributed by atoms with E-state index in [0.29, 0.717) is 28.4 Å². The van der Waals surface area contributed by atoms with E-state index < -0.39 is 0 Å². The van der Waals surface area contributed by atoms with E-state index in [1.807, 2.05) is 24.3 Å². The Kier molecular flexibility index (Phi) is 3.70. The van der Waals surface area contributed by atoms with Crippen LogP contribution in [0.2, 0.25) is 5.02 Å². The number of para-hydroxylation sites is 1. The molecule has 0 saturated heterocycles. The molecular weight excluding hydrogens is 326 g/mol. The Morgan fingerprint density at radius 2 is 2.04 bits per heavy atom. The van der Waals surface area contributed by atoms with Crippen molar-refractivity contribution in [3.05, 3.63) is 47.2 Å². The fourth-order valence-corrected chi connectivity index (χ4v) is 2.53. The highest BCUT2D eigenvalue weighted by molar-refractivity contribution is 6.33. The molecule has 0 atom stereocenters. The van der Waals surface area contributed by atoms with E-state index in [2.05, 4.69) is 30.8 Å². The van der Waals surface area contributed by atoms with Crippen molar-refractivity contribution in [3.63, 3.8) is 0 Å². The van der Waals surface area contributed by atoms with Gasteiger partial charge in [0.1, 0.15) is 5.82 Å². The van der Waals surface area contributed by atoms with Crippen LogP contribution >= 0.6 is 11.6 Å². The van der Waals surface area contributed by atoms with Crippen LogP contribution in [0.3, 0.4) is 0 Å². The van der Waals surface area contributed by atoms with E-state index in [0.717, 1.165) is 17.2 Å². The molecule has 1 aliphatic rings. The van der Waals surface area contributed by atoms with Crippen LogP contribution in [0.15, 0.2) is 36.5 Å². The smallest absolute Gasteiger partial charge is 0.229 e. The lowest BCUT2D eigenvalue weighted by molar-refractivity contribution is 0.966. The van der Waals surface area contributed by atoms with Gasteiger partial charge in [-0.15, -0.1) is 0 Å². The van der Waals surface area contributed by atoms with Gasteiger partial charge in [-0.1, -0.05) is 23.7 Å². The number of halogens is 1. The minimum Gasteiger partial charge on any atom is -0.394 e. The maximum atomic E-state index is 6.14. The summed E-state index contributed by atoms with van der Waals surface area (Å²) in [7, 11) is 0. The van der Waals surface area contributed by atoms with E-state index in [1.165, 1.54) is 12.8 Å². The van der Waals surface area contributed by atoms with Gasteiger partial charge in [-0.3, -0.25) is 5.10 Å². The van der Waals surface area contributed by atoms with Crippen LogP contribution in [-0.4, -0.2) is 20.2 Å². The lowest BCUT2D eigenvalue weighted by atomic mass is 10.3. The number of H-pyrrole nitrogens is 1. The summed E-state index contributed by atoms with van der Waals surface area (Å²) in [6.07, 6.45) is 3.95. The molecule has 122 valence electrons. The van der Waals surface area contributed by atoms with Crippen molar-refractivity contribution in [1.29, 1.82) is 0 Å². The molecule has 4 rings (SSSR count). The predicted molar refractivity (Wildman–Crippen MR) is 95.0 cm³/mol. The highest BCUT2D eigenvalue weighted by atomic mass is 35.5. The van der Waals surface area contributed by atoms with E-state index in [9.17, 15) is 0 Å². The van der Waals surface area contributed by atoms with Gasteiger partial charge >= 0.3 is 0 Å². The van der Waals surface area contributed by atoms with Gasteiger partial charge in [0.15, 0.2) is 5.82 Å². The lowest BCUT2D eigenvalue weighted by Gasteiger charge is -2.10. The van der Waals surface area contributed by atoms with E-state index in [-0.39, 0.29) is 0 Å². The standard InChI is InChI=1S/C16H16ClN7/c17-10-3-1-2-4-12(10)20-16-19-8-11(18)15(22-16)21-14-7-13(23-24-14)9-5-6-9/h1-4,7-9H,5-6,18H2,(H3,19,20,21,22,23,24). The second kappa shape index (κ2) is 6.01. The van der Waals surface area contributed by atoms with Crippen LogP contribution in [0.25, 0.3) is 0 Å². The molecule has 8 heteroatoms. The highest BCUT2D eigenvalue weighted by Gasteiger charge is 2.26. The molecule has 0 unspecified atom stereocenters. The number of benzene rings is 1. The van der Waals surface area contributed by atoms with Crippen molar-refractivity contribution in [2.24, 2.45) is 0 Å². The first kappa shape index (κ1) is 14.8. The number of hydrogen-bond donors (Lipinski definition) is 4. The molecule has 0 spiro atoms. The lowest BCUT2D eigenvalue weighted by Crippen LogP contribution is -2.04. The number of hydrogen-bond acceptors (Lipinski definition) is 6. The Hall–Kier alpha value is -2.80. The molecule has 1 saturated carbocycles. The molecule has 1 fully saturated rings. The summed E-state index contributed by atoms with van der Waals surface area (Å²) in [5.41, 5.74) is 8.21. The Labute approximate surface area is 143 Å². The van der Waals surface area contributed by atoms with Crippen LogP contribution in [-0.2, 0) is 0 Å². The number of anilines is 5. The molecule has 7 nitrogen and oxygen atoms in total. The SMILES string of the molecule is Nc1cnc(Nc2ccccc2Cl)nc1Nc1cc(C2CC2)n[nH]1. The predicted octanol–water partition coefficient (Wildman–Crippen LogP) is 3.80. The molecule has 5 N–H and O–H groups in total. The van der Waals surface area contributed by atoms with Crippen molar-refractivity contribution in [3.8, 4) is 0 Å². The third-order valence-electron chi connectivity index (χ3n) is 3.78. The minimum atomic E-state index is 0.404. The van der Waals surface area contributed by atoms with Crippen LogP contribution in [0.1, 0.15) is 24.5 Å². The Balaban J connectivity index is 1.55. The Morgan fingerprint density at radius 1 is 1.21 bits per heavy atom. The van der Waals surface area contributed by atoms with Crippen LogP contribution < -0.4 is 16.4 Å². The van der Waals surface area contributed by atoms with E-state index >= 15 is 0 Å². The molecule has 2 aromatic heterocycles. The number of nitrogens with two attached hydrogens (primary N) is 1. The monoisotopic (exact) mass is 341 g/mol. The molecule has 1 aromatic carbocycles. The molecule has 0 aliphatic heterocycles. The quantitative estimate of drug-likeness (QED) is 0.562. The number of aromatic nitrogens is 4. The first-order valence-electron chi connectivity index (χ1n) is 7.65. The summed E-state index contributed by atoms with van der Waals surface area (Å²) in [6.45, 7) is 0. The zero-order chi connectivity index (χ0) is 16.5. The zero-order valence-electron chi connectivity index (χ0n) is 12.8. The average molecular weight is 342 g/mol. The maximum absolute atomic E-state index is 6.14. The van der Waals surface area contributed by atoms with Crippen LogP contribution in [0, 0.1) is 0 Å². The van der Waals surface area contributed by atoms with E-state index in [1.54, 1.807) is 12.3 Å². The minimum absolute atomic E-state index is 0.404. The molecule has 0 bridgehead atoms. The Morgan fingerprint density at radius 3 is 2.83 bits per heavy atom.